The molecular weight excluding hydrogens is 226 g/mol. The summed E-state index contributed by atoms with van der Waals surface area (Å²) >= 11 is 0. The molecule has 0 saturated heterocycles. The third kappa shape index (κ3) is 5.29. The number of nitrogens with one attached hydrogen (secondary N) is 1. The van der Waals surface area contributed by atoms with E-state index in [1.165, 1.54) is 0 Å². The van der Waals surface area contributed by atoms with Crippen LogP contribution in [0.3, 0.4) is 0 Å². The summed E-state index contributed by atoms with van der Waals surface area (Å²) in [7, 11) is -1.34. The first-order valence-electron chi connectivity index (χ1n) is 5.11. The summed E-state index contributed by atoms with van der Waals surface area (Å²) in [5.74, 6) is 1.91. The van der Waals surface area contributed by atoms with Gasteiger partial charge in [0.05, 0.1) is 22.3 Å². The van der Waals surface area contributed by atoms with Crippen LogP contribution < -0.4 is 4.72 Å². The van der Waals surface area contributed by atoms with Crippen molar-refractivity contribution in [3.05, 3.63) is 0 Å². The maximum atomic E-state index is 11.8. The van der Waals surface area contributed by atoms with E-state index in [0.717, 1.165) is 0 Å². The molecule has 0 spiro atoms. The standard InChI is InChI=1S/C11H19NO3S/c1-6-8-9(10(13)15-7-2)12-16(14)11(3,4)5/h1,9,12H,7-8H2,2-5H3/t9-,16?/m0/s1. The molecule has 1 N–H and O–H groups in total. The molecule has 0 fully saturated rings. The van der Waals surface area contributed by atoms with Crippen LogP contribution in [0.25, 0.3) is 0 Å². The summed E-state index contributed by atoms with van der Waals surface area (Å²) in [4.78, 5) is 11.5. The van der Waals surface area contributed by atoms with Crippen LogP contribution in [-0.2, 0) is 20.5 Å². The van der Waals surface area contributed by atoms with Crippen molar-refractivity contribution in [2.45, 2.75) is 44.9 Å². The average molecular weight is 245 g/mol. The highest BCUT2D eigenvalue weighted by Gasteiger charge is 2.26. The zero-order valence-corrected chi connectivity index (χ0v) is 11.0. The van der Waals surface area contributed by atoms with Crippen molar-refractivity contribution in [2.75, 3.05) is 6.61 Å². The van der Waals surface area contributed by atoms with Gasteiger partial charge in [-0.15, -0.1) is 12.3 Å². The number of hydrogen-bond acceptors (Lipinski definition) is 3. The Morgan fingerprint density at radius 2 is 2.12 bits per heavy atom. The van der Waals surface area contributed by atoms with Crippen molar-refractivity contribution in [2.24, 2.45) is 0 Å². The van der Waals surface area contributed by atoms with E-state index in [1.807, 2.05) is 20.8 Å². The Balaban J connectivity index is 4.52. The van der Waals surface area contributed by atoms with E-state index >= 15 is 0 Å². The van der Waals surface area contributed by atoms with Gasteiger partial charge in [0.2, 0.25) is 0 Å². The molecule has 4 nitrogen and oxygen atoms in total. The lowest BCUT2D eigenvalue weighted by Gasteiger charge is -2.22. The molecule has 5 heteroatoms. The molecule has 0 aromatic carbocycles. The number of rotatable bonds is 5. The predicted octanol–water partition coefficient (Wildman–Crippen LogP) is 0.993. The van der Waals surface area contributed by atoms with E-state index in [4.69, 9.17) is 11.2 Å². The van der Waals surface area contributed by atoms with E-state index in [1.54, 1.807) is 6.92 Å². The second kappa shape index (κ2) is 6.66. The lowest BCUT2D eigenvalue weighted by atomic mass is 10.2. The molecule has 0 rings (SSSR count). The summed E-state index contributed by atoms with van der Waals surface area (Å²) < 4.78 is 18.9. The Morgan fingerprint density at radius 1 is 1.56 bits per heavy atom. The minimum atomic E-state index is -1.34. The normalized spacial score (nSPS) is 14.9. The van der Waals surface area contributed by atoms with Crippen LogP contribution in [-0.4, -0.2) is 27.6 Å². The van der Waals surface area contributed by atoms with E-state index in [0.29, 0.717) is 0 Å². The minimum Gasteiger partial charge on any atom is -0.465 e. The first-order chi connectivity index (χ1) is 7.32. The van der Waals surface area contributed by atoms with Gasteiger partial charge in [0.25, 0.3) is 0 Å². The van der Waals surface area contributed by atoms with Crippen LogP contribution in [0, 0.1) is 12.3 Å². The molecule has 0 heterocycles. The zero-order chi connectivity index (χ0) is 12.8. The quantitative estimate of drug-likeness (QED) is 0.580. The first-order valence-corrected chi connectivity index (χ1v) is 6.26. The van der Waals surface area contributed by atoms with Crippen LogP contribution in [0.5, 0.6) is 0 Å². The van der Waals surface area contributed by atoms with Gasteiger partial charge in [0.15, 0.2) is 0 Å². The summed E-state index contributed by atoms with van der Waals surface area (Å²) in [6.07, 6.45) is 5.32. The molecule has 0 bridgehead atoms. The highest BCUT2D eigenvalue weighted by molar-refractivity contribution is 7.84. The SMILES string of the molecule is C#CC[C@H](NS(=O)C(C)(C)C)C(=O)OCC. The Kier molecular flexibility index (Phi) is 6.31. The van der Waals surface area contributed by atoms with Gasteiger partial charge in [-0.05, 0) is 27.7 Å². The first kappa shape index (κ1) is 15.1. The molecule has 0 aliphatic rings. The lowest BCUT2D eigenvalue weighted by molar-refractivity contribution is -0.144. The second-order valence-corrected chi connectivity index (χ2v) is 6.21. The Labute approximate surface area is 99.7 Å². The molecule has 0 aromatic rings. The Hall–Kier alpha value is -0.860. The Morgan fingerprint density at radius 3 is 2.50 bits per heavy atom. The maximum absolute atomic E-state index is 11.8. The lowest BCUT2D eigenvalue weighted by Crippen LogP contribution is -2.44. The van der Waals surface area contributed by atoms with Crippen molar-refractivity contribution in [3.63, 3.8) is 0 Å². The van der Waals surface area contributed by atoms with E-state index in [-0.39, 0.29) is 13.0 Å². The van der Waals surface area contributed by atoms with Crippen molar-refractivity contribution < 1.29 is 13.7 Å². The topological polar surface area (TPSA) is 55.4 Å². The van der Waals surface area contributed by atoms with Gasteiger partial charge in [-0.2, -0.15) is 0 Å². The van der Waals surface area contributed by atoms with E-state index < -0.39 is 27.7 Å². The zero-order valence-electron chi connectivity index (χ0n) is 10.2. The molecular formula is C11H19NO3S. The van der Waals surface area contributed by atoms with Crippen LogP contribution in [0.15, 0.2) is 0 Å². The summed E-state index contributed by atoms with van der Waals surface area (Å²) in [5, 5.41) is 0. The molecule has 1 unspecified atom stereocenters. The molecule has 16 heavy (non-hydrogen) atoms. The van der Waals surface area contributed by atoms with Gasteiger partial charge in [-0.25, -0.2) is 8.93 Å². The van der Waals surface area contributed by atoms with Gasteiger partial charge in [0, 0.05) is 6.42 Å². The van der Waals surface area contributed by atoms with Gasteiger partial charge < -0.3 is 4.74 Å². The molecule has 92 valence electrons. The molecule has 0 aliphatic heterocycles. The fourth-order valence-electron chi connectivity index (χ4n) is 0.840. The number of carbonyl (C=O) groups is 1. The highest BCUT2D eigenvalue weighted by Crippen LogP contribution is 2.10. The predicted molar refractivity (Wildman–Crippen MR) is 64.9 cm³/mol. The van der Waals surface area contributed by atoms with Crippen LogP contribution in [0.4, 0.5) is 0 Å². The molecule has 0 amide bonds. The fourth-order valence-corrected chi connectivity index (χ4v) is 1.63. The third-order valence-corrected chi connectivity index (χ3v) is 3.31. The van der Waals surface area contributed by atoms with Crippen molar-refractivity contribution >= 4 is 17.0 Å². The molecule has 0 saturated carbocycles. The van der Waals surface area contributed by atoms with Gasteiger partial charge in [-0.3, -0.25) is 4.79 Å². The number of carbonyl (C=O) groups excluding carboxylic acids is 1. The highest BCUT2D eigenvalue weighted by atomic mass is 32.2. The fraction of sp³-hybridized carbons (Fsp3) is 0.727. The molecule has 0 aliphatic carbocycles. The Bertz CT molecular complexity index is 301. The molecule has 0 aromatic heterocycles. The van der Waals surface area contributed by atoms with E-state index in [2.05, 4.69) is 10.6 Å². The monoisotopic (exact) mass is 245 g/mol. The molecule has 0 radical (unpaired) electrons. The van der Waals surface area contributed by atoms with Gasteiger partial charge in [-0.1, -0.05) is 0 Å². The van der Waals surface area contributed by atoms with Crippen LogP contribution >= 0.6 is 0 Å². The maximum Gasteiger partial charge on any atom is 0.325 e. The second-order valence-electron chi connectivity index (χ2n) is 4.21. The number of ether oxygens (including phenoxy) is 1. The summed E-state index contributed by atoms with van der Waals surface area (Å²) in [6, 6.07) is -0.704. The number of hydrogen-bond donors (Lipinski definition) is 1. The minimum absolute atomic E-state index is 0.167. The third-order valence-electron chi connectivity index (χ3n) is 1.70. The average Bonchev–Trinajstić information content (AvgIpc) is 2.15. The number of esters is 1. The van der Waals surface area contributed by atoms with Crippen molar-refractivity contribution in [1.82, 2.24) is 4.72 Å². The molecule has 2 atom stereocenters. The van der Waals surface area contributed by atoms with E-state index in [9.17, 15) is 9.00 Å². The number of terminal acetylenes is 1. The summed E-state index contributed by atoms with van der Waals surface area (Å²) in [5.41, 5.74) is 0. The largest absolute Gasteiger partial charge is 0.465 e. The van der Waals surface area contributed by atoms with Crippen LogP contribution in [0.2, 0.25) is 0 Å². The van der Waals surface area contributed by atoms with Crippen molar-refractivity contribution in [3.8, 4) is 12.3 Å². The van der Waals surface area contributed by atoms with Crippen LogP contribution in [0.1, 0.15) is 34.1 Å². The smallest absolute Gasteiger partial charge is 0.325 e. The van der Waals surface area contributed by atoms with Gasteiger partial charge >= 0.3 is 5.97 Å². The van der Waals surface area contributed by atoms with Gasteiger partial charge in [0.1, 0.15) is 6.04 Å². The van der Waals surface area contributed by atoms with Crippen molar-refractivity contribution in [1.29, 1.82) is 0 Å². The summed E-state index contributed by atoms with van der Waals surface area (Å²) in [6.45, 7) is 7.44.